The van der Waals surface area contributed by atoms with Gasteiger partial charge in [0.05, 0.1) is 11.7 Å². The summed E-state index contributed by atoms with van der Waals surface area (Å²) in [6.07, 6.45) is 6.14. The Morgan fingerprint density at radius 1 is 1.39 bits per heavy atom. The van der Waals surface area contributed by atoms with E-state index >= 15 is 0 Å². The highest BCUT2D eigenvalue weighted by atomic mass is 16.7. The van der Waals surface area contributed by atoms with Gasteiger partial charge in [-0.15, -0.1) is 0 Å². The van der Waals surface area contributed by atoms with Crippen LogP contribution >= 0.6 is 0 Å². The Hall–Kier alpha value is -1.62. The summed E-state index contributed by atoms with van der Waals surface area (Å²) in [5, 5.41) is 0. The minimum absolute atomic E-state index is 0.169. The molecule has 1 heterocycles. The van der Waals surface area contributed by atoms with E-state index in [1.165, 1.54) is 12.8 Å². The van der Waals surface area contributed by atoms with Crippen molar-refractivity contribution >= 4 is 11.7 Å². The van der Waals surface area contributed by atoms with Gasteiger partial charge < -0.3 is 4.90 Å². The Bertz CT molecular complexity index is 397. The monoisotopic (exact) mass is 249 g/mol. The van der Waals surface area contributed by atoms with E-state index in [0.29, 0.717) is 5.56 Å². The van der Waals surface area contributed by atoms with Gasteiger partial charge in [0.25, 0.3) is 5.91 Å². The number of hydroxylamine groups is 1. The topological polar surface area (TPSA) is 54.5 Å². The molecule has 0 bridgehead atoms. The van der Waals surface area contributed by atoms with Gasteiger partial charge in [0.15, 0.2) is 0 Å². The third-order valence-electron chi connectivity index (χ3n) is 3.09. The quantitative estimate of drug-likeness (QED) is 0.826. The van der Waals surface area contributed by atoms with E-state index in [1.54, 1.807) is 12.3 Å². The maximum atomic E-state index is 11.8. The first kappa shape index (κ1) is 12.8. The lowest BCUT2D eigenvalue weighted by atomic mass is 10.2. The number of carbonyl (C=O) groups excluding carboxylic acids is 1. The molecule has 2 rings (SSSR count). The Balaban J connectivity index is 1.87. The van der Waals surface area contributed by atoms with Crippen molar-refractivity contribution in [2.24, 2.45) is 0 Å². The van der Waals surface area contributed by atoms with Crippen LogP contribution in [-0.2, 0) is 4.84 Å². The van der Waals surface area contributed by atoms with Gasteiger partial charge in [-0.1, -0.05) is 12.8 Å². The third kappa shape index (κ3) is 3.20. The summed E-state index contributed by atoms with van der Waals surface area (Å²) in [6, 6.07) is 3.56. The largest absolute Gasteiger partial charge is 0.363 e. The fourth-order valence-electron chi connectivity index (χ4n) is 1.99. The van der Waals surface area contributed by atoms with Crippen LogP contribution in [0.3, 0.4) is 0 Å². The lowest BCUT2D eigenvalue weighted by Crippen LogP contribution is -2.28. The first-order chi connectivity index (χ1) is 8.66. The van der Waals surface area contributed by atoms with E-state index in [0.717, 1.165) is 18.7 Å². The number of pyridine rings is 1. The van der Waals surface area contributed by atoms with Crippen LogP contribution in [0.15, 0.2) is 18.3 Å². The normalized spacial score (nSPS) is 15.7. The molecule has 18 heavy (non-hydrogen) atoms. The predicted octanol–water partition coefficient (Wildman–Crippen LogP) is 1.75. The van der Waals surface area contributed by atoms with Crippen LogP contribution in [0.4, 0.5) is 5.82 Å². The molecule has 0 radical (unpaired) electrons. The Labute approximate surface area is 107 Å². The summed E-state index contributed by atoms with van der Waals surface area (Å²) in [5.41, 5.74) is 3.01. The molecule has 1 fully saturated rings. The highest BCUT2D eigenvalue weighted by molar-refractivity contribution is 5.93. The zero-order valence-corrected chi connectivity index (χ0v) is 10.8. The zero-order chi connectivity index (χ0) is 13.0. The van der Waals surface area contributed by atoms with Crippen molar-refractivity contribution in [1.82, 2.24) is 10.5 Å². The average Bonchev–Trinajstić information content (AvgIpc) is 2.89. The molecule has 1 aliphatic rings. The second-order valence-electron chi connectivity index (χ2n) is 4.76. The van der Waals surface area contributed by atoms with Crippen LogP contribution in [-0.4, -0.2) is 31.1 Å². The van der Waals surface area contributed by atoms with E-state index in [-0.39, 0.29) is 12.0 Å². The van der Waals surface area contributed by atoms with Gasteiger partial charge >= 0.3 is 0 Å². The SMILES string of the molecule is CN(C)c1ccc(C(=O)NOC2CCCC2)cn1. The highest BCUT2D eigenvalue weighted by Gasteiger charge is 2.17. The van der Waals surface area contributed by atoms with E-state index < -0.39 is 0 Å². The number of carbonyl (C=O) groups is 1. The summed E-state index contributed by atoms with van der Waals surface area (Å²) in [5.74, 6) is 0.586. The van der Waals surface area contributed by atoms with Gasteiger partial charge in [0.2, 0.25) is 0 Å². The van der Waals surface area contributed by atoms with Gasteiger partial charge in [0.1, 0.15) is 5.82 Å². The lowest BCUT2D eigenvalue weighted by Gasteiger charge is -2.13. The first-order valence-electron chi connectivity index (χ1n) is 6.26. The van der Waals surface area contributed by atoms with Crippen LogP contribution in [0.1, 0.15) is 36.0 Å². The van der Waals surface area contributed by atoms with Crippen molar-refractivity contribution in [3.63, 3.8) is 0 Å². The summed E-state index contributed by atoms with van der Waals surface area (Å²) >= 11 is 0. The molecule has 5 heteroatoms. The van der Waals surface area contributed by atoms with Crippen LogP contribution in [0.2, 0.25) is 0 Å². The fourth-order valence-corrected chi connectivity index (χ4v) is 1.99. The number of rotatable bonds is 4. The van der Waals surface area contributed by atoms with E-state index in [1.807, 2.05) is 25.1 Å². The van der Waals surface area contributed by atoms with Crippen molar-refractivity contribution in [2.45, 2.75) is 31.8 Å². The second-order valence-corrected chi connectivity index (χ2v) is 4.76. The molecule has 1 N–H and O–H groups in total. The van der Waals surface area contributed by atoms with E-state index in [4.69, 9.17) is 4.84 Å². The first-order valence-corrected chi connectivity index (χ1v) is 6.26. The Morgan fingerprint density at radius 3 is 2.67 bits per heavy atom. The highest BCUT2D eigenvalue weighted by Crippen LogP contribution is 2.20. The predicted molar refractivity (Wildman–Crippen MR) is 69.4 cm³/mol. The molecule has 0 aromatic carbocycles. The number of hydrogen-bond donors (Lipinski definition) is 1. The van der Waals surface area contributed by atoms with Crippen molar-refractivity contribution in [3.05, 3.63) is 23.9 Å². The lowest BCUT2D eigenvalue weighted by molar-refractivity contribution is -0.0125. The van der Waals surface area contributed by atoms with Gasteiger partial charge in [-0.25, -0.2) is 10.5 Å². The van der Waals surface area contributed by atoms with Gasteiger partial charge in [-0.05, 0) is 25.0 Å². The van der Waals surface area contributed by atoms with Gasteiger partial charge in [-0.2, -0.15) is 0 Å². The van der Waals surface area contributed by atoms with Crippen molar-refractivity contribution in [3.8, 4) is 0 Å². The number of anilines is 1. The van der Waals surface area contributed by atoms with Crippen molar-refractivity contribution in [2.75, 3.05) is 19.0 Å². The van der Waals surface area contributed by atoms with Crippen molar-refractivity contribution < 1.29 is 9.63 Å². The molecule has 1 aromatic heterocycles. The second kappa shape index (κ2) is 5.82. The standard InChI is InChI=1S/C13H19N3O2/c1-16(2)12-8-7-10(9-14-12)13(17)15-18-11-5-3-4-6-11/h7-9,11H,3-6H2,1-2H3,(H,15,17). The molecule has 1 saturated carbocycles. The smallest absolute Gasteiger partial charge is 0.276 e. The van der Waals surface area contributed by atoms with Crippen LogP contribution in [0.5, 0.6) is 0 Å². The van der Waals surface area contributed by atoms with Crippen LogP contribution in [0.25, 0.3) is 0 Å². The molecule has 0 spiro atoms. The number of nitrogens with zero attached hydrogens (tertiary/aromatic N) is 2. The molecule has 1 aliphatic carbocycles. The molecule has 98 valence electrons. The van der Waals surface area contributed by atoms with E-state index in [2.05, 4.69) is 10.5 Å². The Kier molecular flexibility index (Phi) is 4.15. The average molecular weight is 249 g/mol. The Morgan fingerprint density at radius 2 is 2.11 bits per heavy atom. The molecule has 0 unspecified atom stereocenters. The third-order valence-corrected chi connectivity index (χ3v) is 3.09. The summed E-state index contributed by atoms with van der Waals surface area (Å²) in [7, 11) is 3.82. The summed E-state index contributed by atoms with van der Waals surface area (Å²) in [4.78, 5) is 23.2. The maximum absolute atomic E-state index is 11.8. The zero-order valence-electron chi connectivity index (χ0n) is 10.8. The minimum Gasteiger partial charge on any atom is -0.363 e. The van der Waals surface area contributed by atoms with Crippen molar-refractivity contribution in [1.29, 1.82) is 0 Å². The number of hydrogen-bond acceptors (Lipinski definition) is 4. The minimum atomic E-state index is -0.236. The summed E-state index contributed by atoms with van der Waals surface area (Å²) < 4.78 is 0. The number of nitrogens with one attached hydrogen (secondary N) is 1. The van der Waals surface area contributed by atoms with Gasteiger partial charge in [-0.3, -0.25) is 9.63 Å². The maximum Gasteiger partial charge on any atom is 0.276 e. The molecular weight excluding hydrogens is 230 g/mol. The number of aromatic nitrogens is 1. The summed E-state index contributed by atoms with van der Waals surface area (Å²) in [6.45, 7) is 0. The molecule has 0 aliphatic heterocycles. The van der Waals surface area contributed by atoms with Gasteiger partial charge in [0, 0.05) is 20.3 Å². The molecule has 0 saturated heterocycles. The molecule has 1 aromatic rings. The number of amides is 1. The fraction of sp³-hybridized carbons (Fsp3) is 0.538. The molecule has 5 nitrogen and oxygen atoms in total. The molecular formula is C13H19N3O2. The van der Waals surface area contributed by atoms with Crippen LogP contribution in [0, 0.1) is 0 Å². The molecule has 1 amide bonds. The molecule has 0 atom stereocenters. The van der Waals surface area contributed by atoms with E-state index in [9.17, 15) is 4.79 Å². The van der Waals surface area contributed by atoms with Crippen LogP contribution < -0.4 is 10.4 Å².